The second-order valence-corrected chi connectivity index (χ2v) is 3.59. The summed E-state index contributed by atoms with van der Waals surface area (Å²) >= 11 is 0. The first kappa shape index (κ1) is 13.7. The summed E-state index contributed by atoms with van der Waals surface area (Å²) in [5.41, 5.74) is 0. The molecule has 1 rings (SSSR count). The summed E-state index contributed by atoms with van der Waals surface area (Å²) in [5.74, 6) is 0.601. The molecule has 0 saturated carbocycles. The number of amides is 1. The minimum atomic E-state index is 0. The maximum absolute atomic E-state index is 11.9. The van der Waals surface area contributed by atoms with E-state index in [0.29, 0.717) is 5.91 Å². The largest absolute Gasteiger partial charge is 0.340 e. The molecule has 1 N–H and O–H groups in total. The average Bonchev–Trinajstić information content (AvgIpc) is 2.21. The minimum absolute atomic E-state index is 0. The van der Waals surface area contributed by atoms with E-state index in [4.69, 9.17) is 0 Å². The Morgan fingerprint density at radius 3 is 2.21 bits per heavy atom. The molecule has 1 heterocycles. The van der Waals surface area contributed by atoms with Crippen LogP contribution in [-0.4, -0.2) is 37.0 Å². The molecule has 4 heteroatoms. The van der Waals surface area contributed by atoms with Crippen LogP contribution in [0.1, 0.15) is 26.7 Å². The molecule has 0 bridgehead atoms. The summed E-state index contributed by atoms with van der Waals surface area (Å²) in [6, 6.07) is 0. The number of hydrogen-bond donors (Lipinski definition) is 1. The van der Waals surface area contributed by atoms with Crippen LogP contribution < -0.4 is 5.32 Å². The fraction of sp³-hybridized carbons (Fsp3) is 0.900. The van der Waals surface area contributed by atoms with Gasteiger partial charge in [0.2, 0.25) is 5.91 Å². The third-order valence-electron chi connectivity index (χ3n) is 2.76. The lowest BCUT2D eigenvalue weighted by atomic mass is 10.0. The first-order valence-corrected chi connectivity index (χ1v) is 5.29. The van der Waals surface area contributed by atoms with Gasteiger partial charge < -0.3 is 10.2 Å². The molecule has 14 heavy (non-hydrogen) atoms. The maximum atomic E-state index is 11.9. The van der Waals surface area contributed by atoms with E-state index in [-0.39, 0.29) is 18.3 Å². The molecule has 84 valence electrons. The SMILES string of the molecule is CCC(CC)C(=O)N1CCNCC1.Cl. The van der Waals surface area contributed by atoms with Crippen LogP contribution in [0.15, 0.2) is 0 Å². The lowest BCUT2D eigenvalue weighted by Crippen LogP contribution is -2.48. The van der Waals surface area contributed by atoms with E-state index < -0.39 is 0 Å². The van der Waals surface area contributed by atoms with E-state index in [1.54, 1.807) is 0 Å². The molecule has 0 aromatic rings. The Kier molecular flexibility index (Phi) is 6.93. The van der Waals surface area contributed by atoms with E-state index in [1.165, 1.54) is 0 Å². The summed E-state index contributed by atoms with van der Waals surface area (Å²) in [5, 5.41) is 3.25. The lowest BCUT2D eigenvalue weighted by Gasteiger charge is -2.30. The van der Waals surface area contributed by atoms with Crippen molar-refractivity contribution in [1.82, 2.24) is 10.2 Å². The zero-order valence-electron chi connectivity index (χ0n) is 9.08. The van der Waals surface area contributed by atoms with Crippen molar-refractivity contribution >= 4 is 18.3 Å². The molecule has 1 aliphatic rings. The number of rotatable bonds is 3. The molecular weight excluding hydrogens is 200 g/mol. The molecule has 0 unspecified atom stereocenters. The zero-order chi connectivity index (χ0) is 9.68. The van der Waals surface area contributed by atoms with Crippen LogP contribution in [-0.2, 0) is 4.79 Å². The first-order valence-electron chi connectivity index (χ1n) is 5.29. The fourth-order valence-electron chi connectivity index (χ4n) is 1.78. The van der Waals surface area contributed by atoms with Crippen molar-refractivity contribution in [1.29, 1.82) is 0 Å². The highest BCUT2D eigenvalue weighted by atomic mass is 35.5. The van der Waals surface area contributed by atoms with Crippen molar-refractivity contribution in [3.63, 3.8) is 0 Å². The van der Waals surface area contributed by atoms with Crippen LogP contribution in [0, 0.1) is 5.92 Å². The zero-order valence-corrected chi connectivity index (χ0v) is 9.90. The number of halogens is 1. The molecule has 0 aliphatic carbocycles. The van der Waals surface area contributed by atoms with E-state index in [0.717, 1.165) is 39.0 Å². The molecule has 1 amide bonds. The smallest absolute Gasteiger partial charge is 0.225 e. The van der Waals surface area contributed by atoms with Crippen molar-refractivity contribution in [3.05, 3.63) is 0 Å². The minimum Gasteiger partial charge on any atom is -0.340 e. The number of hydrogen-bond acceptors (Lipinski definition) is 2. The topological polar surface area (TPSA) is 32.3 Å². The monoisotopic (exact) mass is 220 g/mol. The molecular formula is C10H21ClN2O. The van der Waals surface area contributed by atoms with Gasteiger partial charge in [0, 0.05) is 32.1 Å². The van der Waals surface area contributed by atoms with Gasteiger partial charge >= 0.3 is 0 Å². The highest BCUT2D eigenvalue weighted by Gasteiger charge is 2.22. The highest BCUT2D eigenvalue weighted by molar-refractivity contribution is 5.85. The molecule has 0 spiro atoms. The second-order valence-electron chi connectivity index (χ2n) is 3.59. The first-order chi connectivity index (χ1) is 6.29. The molecule has 0 atom stereocenters. The van der Waals surface area contributed by atoms with Crippen LogP contribution in [0.25, 0.3) is 0 Å². The van der Waals surface area contributed by atoms with E-state index in [1.807, 2.05) is 4.90 Å². The van der Waals surface area contributed by atoms with Gasteiger partial charge in [-0.05, 0) is 12.8 Å². The Morgan fingerprint density at radius 2 is 1.79 bits per heavy atom. The van der Waals surface area contributed by atoms with E-state index >= 15 is 0 Å². The van der Waals surface area contributed by atoms with Crippen molar-refractivity contribution in [2.75, 3.05) is 26.2 Å². The van der Waals surface area contributed by atoms with Crippen LogP contribution in [0.3, 0.4) is 0 Å². The van der Waals surface area contributed by atoms with E-state index in [2.05, 4.69) is 19.2 Å². The molecule has 0 aromatic carbocycles. The Balaban J connectivity index is 0.00000169. The average molecular weight is 221 g/mol. The van der Waals surface area contributed by atoms with Crippen molar-refractivity contribution in [3.8, 4) is 0 Å². The van der Waals surface area contributed by atoms with Gasteiger partial charge in [0.25, 0.3) is 0 Å². The van der Waals surface area contributed by atoms with Gasteiger partial charge in [0.15, 0.2) is 0 Å². The summed E-state index contributed by atoms with van der Waals surface area (Å²) in [6.07, 6.45) is 1.94. The quantitative estimate of drug-likeness (QED) is 0.777. The van der Waals surface area contributed by atoms with Gasteiger partial charge in [-0.15, -0.1) is 12.4 Å². The van der Waals surface area contributed by atoms with Crippen LogP contribution in [0.2, 0.25) is 0 Å². The molecule has 3 nitrogen and oxygen atoms in total. The summed E-state index contributed by atoms with van der Waals surface area (Å²) < 4.78 is 0. The van der Waals surface area contributed by atoms with Gasteiger partial charge in [-0.3, -0.25) is 4.79 Å². The Bertz CT molecular complexity index is 166. The molecule has 0 radical (unpaired) electrons. The Morgan fingerprint density at radius 1 is 1.29 bits per heavy atom. The van der Waals surface area contributed by atoms with Gasteiger partial charge in [-0.25, -0.2) is 0 Å². The van der Waals surface area contributed by atoms with Crippen molar-refractivity contribution in [2.24, 2.45) is 5.92 Å². The Labute approximate surface area is 92.6 Å². The number of piperazine rings is 1. The lowest BCUT2D eigenvalue weighted by molar-refractivity contribution is -0.136. The maximum Gasteiger partial charge on any atom is 0.225 e. The van der Waals surface area contributed by atoms with E-state index in [9.17, 15) is 4.79 Å². The standard InChI is InChI=1S/C10H20N2O.ClH/c1-3-9(4-2)10(13)12-7-5-11-6-8-12;/h9,11H,3-8H2,1-2H3;1H. The molecule has 0 aromatic heterocycles. The van der Waals surface area contributed by atoms with Gasteiger partial charge in [-0.2, -0.15) is 0 Å². The highest BCUT2D eigenvalue weighted by Crippen LogP contribution is 2.12. The predicted octanol–water partition coefficient (Wildman–Crippen LogP) is 1.28. The summed E-state index contributed by atoms with van der Waals surface area (Å²) in [4.78, 5) is 13.9. The number of carbonyl (C=O) groups is 1. The normalized spacial score (nSPS) is 16.6. The predicted molar refractivity (Wildman–Crippen MR) is 60.8 cm³/mol. The van der Waals surface area contributed by atoms with Gasteiger partial charge in [0.1, 0.15) is 0 Å². The number of nitrogens with zero attached hydrogens (tertiary/aromatic N) is 1. The third-order valence-corrected chi connectivity index (χ3v) is 2.76. The summed E-state index contributed by atoms with van der Waals surface area (Å²) in [7, 11) is 0. The molecule has 1 saturated heterocycles. The van der Waals surface area contributed by atoms with Crippen molar-refractivity contribution < 1.29 is 4.79 Å². The van der Waals surface area contributed by atoms with Crippen LogP contribution >= 0.6 is 12.4 Å². The number of nitrogens with one attached hydrogen (secondary N) is 1. The third kappa shape index (κ3) is 3.46. The van der Waals surface area contributed by atoms with Crippen LogP contribution in [0.4, 0.5) is 0 Å². The van der Waals surface area contributed by atoms with Gasteiger partial charge in [-0.1, -0.05) is 13.8 Å². The fourth-order valence-corrected chi connectivity index (χ4v) is 1.78. The van der Waals surface area contributed by atoms with Crippen molar-refractivity contribution in [2.45, 2.75) is 26.7 Å². The number of carbonyl (C=O) groups excluding carboxylic acids is 1. The molecule has 1 fully saturated rings. The summed E-state index contributed by atoms with van der Waals surface area (Å²) in [6.45, 7) is 7.85. The Hall–Kier alpha value is -0.280. The molecule has 1 aliphatic heterocycles. The second kappa shape index (κ2) is 7.07. The van der Waals surface area contributed by atoms with Gasteiger partial charge in [0.05, 0.1) is 0 Å². The van der Waals surface area contributed by atoms with Crippen LogP contribution in [0.5, 0.6) is 0 Å².